The van der Waals surface area contributed by atoms with E-state index in [-0.39, 0.29) is 0 Å². The molecule has 0 aromatic rings. The maximum absolute atomic E-state index is 6.04. The second kappa shape index (κ2) is 5.99. The number of piperidine rings is 2. The lowest BCUT2D eigenvalue weighted by molar-refractivity contribution is 0.110. The first-order valence-corrected chi connectivity index (χ1v) is 6.97. The van der Waals surface area contributed by atoms with E-state index in [9.17, 15) is 0 Å². The minimum Gasteiger partial charge on any atom is -0.327 e. The summed E-state index contributed by atoms with van der Waals surface area (Å²) in [6, 6.07) is 1.10. The summed E-state index contributed by atoms with van der Waals surface area (Å²) < 4.78 is 0. The van der Waals surface area contributed by atoms with Crippen molar-refractivity contribution in [1.29, 1.82) is 0 Å². The highest BCUT2D eigenvalue weighted by Gasteiger charge is 2.23. The molecule has 0 aromatic carbocycles. The summed E-state index contributed by atoms with van der Waals surface area (Å²) in [6.45, 7) is 8.59. The Morgan fingerprint density at radius 2 is 1.88 bits per heavy atom. The van der Waals surface area contributed by atoms with Gasteiger partial charge >= 0.3 is 0 Å². The molecule has 2 heterocycles. The molecule has 2 fully saturated rings. The molecule has 2 N–H and O–H groups in total. The van der Waals surface area contributed by atoms with E-state index in [1.165, 1.54) is 58.3 Å². The van der Waals surface area contributed by atoms with E-state index >= 15 is 0 Å². The topological polar surface area (TPSA) is 32.5 Å². The van der Waals surface area contributed by atoms with Gasteiger partial charge in [-0.25, -0.2) is 0 Å². The lowest BCUT2D eigenvalue weighted by Gasteiger charge is -2.38. The highest BCUT2D eigenvalue weighted by Crippen LogP contribution is 2.14. The molecule has 94 valence electrons. The quantitative estimate of drug-likeness (QED) is 0.785. The Balaban J connectivity index is 1.75. The first-order valence-electron chi connectivity index (χ1n) is 6.97. The molecule has 0 spiro atoms. The van der Waals surface area contributed by atoms with Crippen LogP contribution in [0.25, 0.3) is 0 Å². The number of likely N-dealkylation sites (tertiary alicyclic amines) is 2. The molecule has 3 heteroatoms. The fourth-order valence-corrected chi connectivity index (χ4v) is 3.07. The summed E-state index contributed by atoms with van der Waals surface area (Å²) in [5.41, 5.74) is 6.04. The molecular formula is C13H27N3. The summed E-state index contributed by atoms with van der Waals surface area (Å²) in [5, 5.41) is 0. The van der Waals surface area contributed by atoms with E-state index in [1.807, 2.05) is 0 Å². The summed E-state index contributed by atoms with van der Waals surface area (Å²) in [5.74, 6) is 0. The van der Waals surface area contributed by atoms with Crippen LogP contribution >= 0.6 is 0 Å². The van der Waals surface area contributed by atoms with Crippen LogP contribution in [0, 0.1) is 0 Å². The fraction of sp³-hybridized carbons (Fsp3) is 1.00. The number of nitrogens with two attached hydrogens (primary N) is 1. The standard InChI is InChI=1S/C13H27N3/c1-12(10-15-7-3-2-4-8-15)16-9-5-6-13(14)11-16/h12-13H,2-11,14H2,1H3. The van der Waals surface area contributed by atoms with Gasteiger partial charge in [-0.2, -0.15) is 0 Å². The van der Waals surface area contributed by atoms with Crippen LogP contribution in [0.1, 0.15) is 39.0 Å². The molecule has 2 rings (SSSR count). The monoisotopic (exact) mass is 225 g/mol. The first kappa shape index (κ1) is 12.3. The van der Waals surface area contributed by atoms with Crippen LogP contribution in [0.15, 0.2) is 0 Å². The van der Waals surface area contributed by atoms with Crippen molar-refractivity contribution in [2.24, 2.45) is 5.73 Å². The predicted molar refractivity (Wildman–Crippen MR) is 68.5 cm³/mol. The smallest absolute Gasteiger partial charge is 0.0195 e. The zero-order chi connectivity index (χ0) is 11.4. The van der Waals surface area contributed by atoms with Crippen molar-refractivity contribution < 1.29 is 0 Å². The number of hydrogen-bond donors (Lipinski definition) is 1. The van der Waals surface area contributed by atoms with Crippen LogP contribution in [0.5, 0.6) is 0 Å². The first-order chi connectivity index (χ1) is 7.75. The Morgan fingerprint density at radius 1 is 1.12 bits per heavy atom. The average molecular weight is 225 g/mol. The van der Waals surface area contributed by atoms with Crippen LogP contribution in [0.3, 0.4) is 0 Å². The van der Waals surface area contributed by atoms with Gasteiger partial charge in [0.25, 0.3) is 0 Å². The van der Waals surface area contributed by atoms with Gasteiger partial charge in [0.1, 0.15) is 0 Å². The summed E-state index contributed by atoms with van der Waals surface area (Å²) in [4.78, 5) is 5.22. The largest absolute Gasteiger partial charge is 0.327 e. The van der Waals surface area contributed by atoms with Crippen molar-refractivity contribution in [1.82, 2.24) is 9.80 Å². The second-order valence-electron chi connectivity index (χ2n) is 5.61. The highest BCUT2D eigenvalue weighted by atomic mass is 15.2. The molecule has 0 radical (unpaired) electrons. The van der Waals surface area contributed by atoms with Gasteiger partial charge in [0.05, 0.1) is 0 Å². The van der Waals surface area contributed by atoms with E-state index < -0.39 is 0 Å². The maximum Gasteiger partial charge on any atom is 0.0195 e. The van der Waals surface area contributed by atoms with Crippen LogP contribution in [0.4, 0.5) is 0 Å². The number of rotatable bonds is 3. The van der Waals surface area contributed by atoms with Gasteiger partial charge < -0.3 is 10.6 Å². The maximum atomic E-state index is 6.04. The molecule has 2 aliphatic heterocycles. The van der Waals surface area contributed by atoms with Crippen molar-refractivity contribution in [3.63, 3.8) is 0 Å². The Bertz CT molecular complexity index is 201. The Labute approximate surface area is 100.0 Å². The van der Waals surface area contributed by atoms with Crippen molar-refractivity contribution in [3.05, 3.63) is 0 Å². The Kier molecular flexibility index (Phi) is 4.62. The normalized spacial score (nSPS) is 31.5. The van der Waals surface area contributed by atoms with E-state index in [0.717, 1.165) is 6.54 Å². The SMILES string of the molecule is CC(CN1CCCCC1)N1CCCC(N)C1. The molecule has 2 aliphatic rings. The molecule has 0 aliphatic carbocycles. The lowest BCUT2D eigenvalue weighted by atomic mass is 10.0. The van der Waals surface area contributed by atoms with E-state index in [4.69, 9.17) is 5.73 Å². The zero-order valence-electron chi connectivity index (χ0n) is 10.7. The molecule has 16 heavy (non-hydrogen) atoms. The van der Waals surface area contributed by atoms with Crippen molar-refractivity contribution in [3.8, 4) is 0 Å². The average Bonchev–Trinajstić information content (AvgIpc) is 2.30. The Hall–Kier alpha value is -0.120. The van der Waals surface area contributed by atoms with Gasteiger partial charge in [-0.15, -0.1) is 0 Å². The molecule has 3 nitrogen and oxygen atoms in total. The molecule has 2 atom stereocenters. The molecular weight excluding hydrogens is 198 g/mol. The van der Waals surface area contributed by atoms with Crippen LogP contribution < -0.4 is 5.73 Å². The molecule has 0 aromatic heterocycles. The van der Waals surface area contributed by atoms with Crippen molar-refractivity contribution in [2.75, 3.05) is 32.7 Å². The van der Waals surface area contributed by atoms with Crippen LogP contribution in [-0.4, -0.2) is 54.6 Å². The summed E-state index contributed by atoms with van der Waals surface area (Å²) in [7, 11) is 0. The van der Waals surface area contributed by atoms with Gasteiger partial charge in [-0.3, -0.25) is 4.90 Å². The van der Waals surface area contributed by atoms with E-state index in [0.29, 0.717) is 12.1 Å². The third kappa shape index (κ3) is 3.44. The van der Waals surface area contributed by atoms with Gasteiger partial charge in [0.15, 0.2) is 0 Å². The zero-order valence-corrected chi connectivity index (χ0v) is 10.7. The van der Waals surface area contributed by atoms with Crippen LogP contribution in [-0.2, 0) is 0 Å². The Morgan fingerprint density at radius 3 is 2.56 bits per heavy atom. The van der Waals surface area contributed by atoms with Gasteiger partial charge in [0, 0.05) is 25.2 Å². The molecule has 0 saturated carbocycles. The number of hydrogen-bond acceptors (Lipinski definition) is 3. The second-order valence-corrected chi connectivity index (χ2v) is 5.61. The minimum absolute atomic E-state index is 0.414. The molecule has 0 amide bonds. The van der Waals surface area contributed by atoms with Crippen molar-refractivity contribution >= 4 is 0 Å². The van der Waals surface area contributed by atoms with Gasteiger partial charge in [-0.05, 0) is 52.2 Å². The summed E-state index contributed by atoms with van der Waals surface area (Å²) in [6.07, 6.45) is 6.72. The minimum atomic E-state index is 0.414. The predicted octanol–water partition coefficient (Wildman–Crippen LogP) is 1.28. The van der Waals surface area contributed by atoms with Gasteiger partial charge in [0.2, 0.25) is 0 Å². The third-order valence-corrected chi connectivity index (χ3v) is 4.08. The van der Waals surface area contributed by atoms with Gasteiger partial charge in [-0.1, -0.05) is 6.42 Å². The molecule has 2 saturated heterocycles. The molecule has 0 bridgehead atoms. The number of nitrogens with zero attached hydrogens (tertiary/aromatic N) is 2. The third-order valence-electron chi connectivity index (χ3n) is 4.08. The van der Waals surface area contributed by atoms with E-state index in [1.54, 1.807) is 0 Å². The molecule has 2 unspecified atom stereocenters. The van der Waals surface area contributed by atoms with Crippen molar-refractivity contribution in [2.45, 2.75) is 51.1 Å². The highest BCUT2D eigenvalue weighted by molar-refractivity contribution is 4.81. The van der Waals surface area contributed by atoms with Crippen LogP contribution in [0.2, 0.25) is 0 Å². The summed E-state index contributed by atoms with van der Waals surface area (Å²) >= 11 is 0. The fourth-order valence-electron chi connectivity index (χ4n) is 3.07. The lowest BCUT2D eigenvalue weighted by Crippen LogP contribution is -2.50. The van der Waals surface area contributed by atoms with E-state index in [2.05, 4.69) is 16.7 Å².